The average molecular weight is 399 g/mol. The van der Waals surface area contributed by atoms with Crippen LogP contribution in [0.2, 0.25) is 0 Å². The zero-order chi connectivity index (χ0) is 19.7. The Bertz CT molecular complexity index is 1080. The number of aromatic nitrogens is 1. The van der Waals surface area contributed by atoms with E-state index in [0.29, 0.717) is 22.6 Å². The minimum atomic E-state index is -0.0621. The molecule has 0 N–H and O–H groups in total. The van der Waals surface area contributed by atoms with Gasteiger partial charge in [0.1, 0.15) is 10.3 Å². The third-order valence-corrected chi connectivity index (χ3v) is 6.73. The molecule has 5 nitrogen and oxygen atoms in total. The van der Waals surface area contributed by atoms with Gasteiger partial charge in [-0.1, -0.05) is 31.5 Å². The highest BCUT2D eigenvalue weighted by molar-refractivity contribution is 7.22. The summed E-state index contributed by atoms with van der Waals surface area (Å²) in [5, 5.41) is 1.55. The average Bonchev–Trinajstić information content (AvgIpc) is 3.14. The van der Waals surface area contributed by atoms with Crippen LogP contribution < -0.4 is 10.3 Å². The van der Waals surface area contributed by atoms with Gasteiger partial charge < -0.3 is 14.2 Å². The molecule has 1 aliphatic heterocycles. The van der Waals surface area contributed by atoms with E-state index in [1.54, 1.807) is 7.11 Å². The van der Waals surface area contributed by atoms with Crippen LogP contribution in [0.4, 0.5) is 0 Å². The summed E-state index contributed by atoms with van der Waals surface area (Å²) >= 11 is 1.40. The van der Waals surface area contributed by atoms with Crippen molar-refractivity contribution < 1.29 is 9.53 Å². The molecular formula is C22H26N2O3S. The lowest BCUT2D eigenvalue weighted by atomic mass is 10.1. The van der Waals surface area contributed by atoms with Crippen LogP contribution in [-0.2, 0) is 6.54 Å². The predicted molar refractivity (Wildman–Crippen MR) is 115 cm³/mol. The number of benzene rings is 1. The fraction of sp³-hybridized carbons (Fsp3) is 0.455. The summed E-state index contributed by atoms with van der Waals surface area (Å²) in [7, 11) is 1.56. The number of para-hydroxylation sites is 1. The number of nitrogens with zero attached hydrogens (tertiary/aromatic N) is 2. The van der Waals surface area contributed by atoms with Gasteiger partial charge in [0, 0.05) is 25.0 Å². The van der Waals surface area contributed by atoms with Crippen LogP contribution in [-0.4, -0.2) is 35.6 Å². The maximum atomic E-state index is 13.4. The van der Waals surface area contributed by atoms with Gasteiger partial charge in [-0.3, -0.25) is 9.59 Å². The lowest BCUT2D eigenvalue weighted by Crippen LogP contribution is -2.35. The molecule has 4 rings (SSSR count). The Labute approximate surface area is 168 Å². The molecule has 3 heterocycles. The molecule has 0 spiro atoms. The standard InChI is InChI=1S/C22H26N2O3S/c1-3-4-14-24-16-11-7-6-10-15(16)19-17(21(24)25)18(27-2)20(28-19)22(26)23-12-8-5-9-13-23/h6-7,10-11H,3-5,8-9,12-14H2,1-2H3. The molecule has 0 aliphatic carbocycles. The Balaban J connectivity index is 1.97. The van der Waals surface area contributed by atoms with E-state index in [0.717, 1.165) is 54.4 Å². The first-order valence-corrected chi connectivity index (χ1v) is 10.9. The number of rotatable bonds is 5. The highest BCUT2D eigenvalue weighted by atomic mass is 32.1. The van der Waals surface area contributed by atoms with Crippen LogP contribution in [0.15, 0.2) is 29.1 Å². The largest absolute Gasteiger partial charge is 0.494 e. The van der Waals surface area contributed by atoms with Gasteiger partial charge in [0.15, 0.2) is 5.75 Å². The monoisotopic (exact) mass is 398 g/mol. The topological polar surface area (TPSA) is 51.5 Å². The number of fused-ring (bicyclic) bond motifs is 3. The van der Waals surface area contributed by atoms with Crippen molar-refractivity contribution in [3.63, 3.8) is 0 Å². The fourth-order valence-electron chi connectivity index (χ4n) is 4.06. The summed E-state index contributed by atoms with van der Waals surface area (Å²) in [6, 6.07) is 7.96. The number of unbranched alkanes of at least 4 members (excludes halogenated alkanes) is 1. The first-order chi connectivity index (χ1) is 13.7. The molecule has 0 saturated carbocycles. The van der Waals surface area contributed by atoms with Crippen molar-refractivity contribution in [1.29, 1.82) is 0 Å². The van der Waals surface area contributed by atoms with Crippen molar-refractivity contribution in [2.45, 2.75) is 45.6 Å². The van der Waals surface area contributed by atoms with Gasteiger partial charge in [-0.25, -0.2) is 0 Å². The molecule has 2 aromatic heterocycles. The zero-order valence-electron chi connectivity index (χ0n) is 16.5. The van der Waals surface area contributed by atoms with E-state index in [1.807, 2.05) is 33.7 Å². The third-order valence-electron chi connectivity index (χ3n) is 5.54. The smallest absolute Gasteiger partial charge is 0.267 e. The first kappa shape index (κ1) is 19.0. The highest BCUT2D eigenvalue weighted by Gasteiger charge is 2.28. The Kier molecular flexibility index (Phi) is 5.40. The molecule has 28 heavy (non-hydrogen) atoms. The maximum Gasteiger partial charge on any atom is 0.267 e. The number of hydrogen-bond acceptors (Lipinski definition) is 4. The Morgan fingerprint density at radius 1 is 1.18 bits per heavy atom. The van der Waals surface area contributed by atoms with E-state index in [-0.39, 0.29) is 11.5 Å². The van der Waals surface area contributed by atoms with Crippen molar-refractivity contribution in [2.24, 2.45) is 0 Å². The third kappa shape index (κ3) is 3.09. The highest BCUT2D eigenvalue weighted by Crippen LogP contribution is 2.40. The van der Waals surface area contributed by atoms with Gasteiger partial charge >= 0.3 is 0 Å². The number of pyridine rings is 1. The van der Waals surface area contributed by atoms with Crippen molar-refractivity contribution in [3.05, 3.63) is 39.5 Å². The summed E-state index contributed by atoms with van der Waals surface area (Å²) in [6.07, 6.45) is 5.18. The van der Waals surface area contributed by atoms with Crippen LogP contribution in [0.25, 0.3) is 21.0 Å². The quantitative estimate of drug-likeness (QED) is 0.629. The number of carbonyl (C=O) groups excluding carboxylic acids is 1. The summed E-state index contributed by atoms with van der Waals surface area (Å²) in [4.78, 5) is 29.1. The minimum absolute atomic E-state index is 0.0126. The van der Waals surface area contributed by atoms with Crippen molar-refractivity contribution in [2.75, 3.05) is 20.2 Å². The molecular weight excluding hydrogens is 372 g/mol. The van der Waals surface area contributed by atoms with Gasteiger partial charge in [0.05, 0.1) is 17.3 Å². The molecule has 1 amide bonds. The van der Waals surface area contributed by atoms with Crippen molar-refractivity contribution in [1.82, 2.24) is 9.47 Å². The summed E-state index contributed by atoms with van der Waals surface area (Å²) < 4.78 is 8.34. The van der Waals surface area contributed by atoms with E-state index in [1.165, 1.54) is 17.8 Å². The lowest BCUT2D eigenvalue weighted by molar-refractivity contribution is 0.0726. The molecule has 3 aromatic rings. The molecule has 1 saturated heterocycles. The predicted octanol–water partition coefficient (Wildman–Crippen LogP) is 4.65. The van der Waals surface area contributed by atoms with Crippen LogP contribution in [0.1, 0.15) is 48.7 Å². The van der Waals surface area contributed by atoms with Crippen LogP contribution in [0, 0.1) is 0 Å². The summed E-state index contributed by atoms with van der Waals surface area (Å²) in [6.45, 7) is 4.34. The number of ether oxygens (including phenoxy) is 1. The molecule has 0 bridgehead atoms. The number of likely N-dealkylation sites (tertiary alicyclic amines) is 1. The first-order valence-electron chi connectivity index (χ1n) is 10.1. The lowest BCUT2D eigenvalue weighted by Gasteiger charge is -2.26. The molecule has 6 heteroatoms. The normalized spacial score (nSPS) is 14.7. The Morgan fingerprint density at radius 3 is 2.64 bits per heavy atom. The molecule has 1 aromatic carbocycles. The summed E-state index contributed by atoms with van der Waals surface area (Å²) in [5.74, 6) is 0.429. The second-order valence-corrected chi connectivity index (χ2v) is 8.37. The van der Waals surface area contributed by atoms with Crippen LogP contribution >= 0.6 is 11.3 Å². The minimum Gasteiger partial charge on any atom is -0.494 e. The van der Waals surface area contributed by atoms with E-state index >= 15 is 0 Å². The van der Waals surface area contributed by atoms with Crippen LogP contribution in [0.5, 0.6) is 5.75 Å². The van der Waals surface area contributed by atoms with Crippen molar-refractivity contribution in [3.8, 4) is 5.75 Å². The van der Waals surface area contributed by atoms with Gasteiger partial charge in [-0.05, 0) is 31.7 Å². The fourth-order valence-corrected chi connectivity index (χ4v) is 5.32. The maximum absolute atomic E-state index is 13.4. The van der Waals surface area contributed by atoms with Gasteiger partial charge in [-0.2, -0.15) is 0 Å². The number of thiophene rings is 1. The number of amides is 1. The number of hydrogen-bond donors (Lipinski definition) is 0. The van der Waals surface area contributed by atoms with Crippen molar-refractivity contribution >= 4 is 38.2 Å². The van der Waals surface area contributed by atoms with Gasteiger partial charge in [-0.15, -0.1) is 11.3 Å². The number of carbonyl (C=O) groups is 1. The Hall–Kier alpha value is -2.34. The molecule has 1 fully saturated rings. The van der Waals surface area contributed by atoms with E-state index in [4.69, 9.17) is 4.74 Å². The number of methoxy groups -OCH3 is 1. The molecule has 1 aliphatic rings. The zero-order valence-corrected chi connectivity index (χ0v) is 17.3. The van der Waals surface area contributed by atoms with E-state index in [9.17, 15) is 9.59 Å². The van der Waals surface area contributed by atoms with Gasteiger partial charge in [0.2, 0.25) is 0 Å². The van der Waals surface area contributed by atoms with E-state index in [2.05, 4.69) is 6.92 Å². The SMILES string of the molecule is CCCCn1c(=O)c2c(OC)c(C(=O)N3CCCCC3)sc2c2ccccc21. The summed E-state index contributed by atoms with van der Waals surface area (Å²) in [5.41, 5.74) is 0.863. The molecule has 0 unspecified atom stereocenters. The molecule has 0 radical (unpaired) electrons. The van der Waals surface area contributed by atoms with Gasteiger partial charge in [0.25, 0.3) is 11.5 Å². The molecule has 148 valence electrons. The van der Waals surface area contributed by atoms with E-state index < -0.39 is 0 Å². The Morgan fingerprint density at radius 2 is 1.93 bits per heavy atom. The second-order valence-electron chi connectivity index (χ2n) is 7.35. The number of piperidine rings is 1. The number of aryl methyl sites for hydroxylation is 1. The second kappa shape index (κ2) is 7.95. The molecule has 0 atom stereocenters. The van der Waals surface area contributed by atoms with Crippen LogP contribution in [0.3, 0.4) is 0 Å².